The van der Waals surface area contributed by atoms with Crippen LogP contribution in [0.1, 0.15) is 13.3 Å². The summed E-state index contributed by atoms with van der Waals surface area (Å²) >= 11 is 11.7. The highest BCUT2D eigenvalue weighted by atomic mass is 35.5. The van der Waals surface area contributed by atoms with Gasteiger partial charge in [-0.2, -0.15) is 4.98 Å². The molecule has 18 heavy (non-hydrogen) atoms. The zero-order valence-corrected chi connectivity index (χ0v) is 11.6. The molecular weight excluding hydrogens is 277 g/mol. The molecule has 1 aromatic heterocycles. The molecule has 0 aromatic carbocycles. The second-order valence-corrected chi connectivity index (χ2v) is 5.20. The van der Waals surface area contributed by atoms with Gasteiger partial charge < -0.3 is 10.2 Å². The number of carbonyl (C=O) groups excluding carboxylic acids is 1. The SMILES string of the molecule is CNC(=O)C1(C)CCN(c2nc(Cl)nnc2Cl)C1. The van der Waals surface area contributed by atoms with E-state index >= 15 is 0 Å². The van der Waals surface area contributed by atoms with Crippen molar-refractivity contribution >= 4 is 34.9 Å². The second-order valence-electron chi connectivity index (χ2n) is 4.51. The Bertz CT molecular complexity index is 483. The first-order valence-electron chi connectivity index (χ1n) is 5.49. The maximum Gasteiger partial charge on any atom is 0.245 e. The van der Waals surface area contributed by atoms with Crippen LogP contribution in [0, 0.1) is 5.41 Å². The second kappa shape index (κ2) is 4.85. The van der Waals surface area contributed by atoms with Gasteiger partial charge in [0, 0.05) is 20.1 Å². The Morgan fingerprint density at radius 3 is 2.83 bits per heavy atom. The number of hydrogen-bond donors (Lipinski definition) is 1. The average Bonchev–Trinajstić information content (AvgIpc) is 2.75. The van der Waals surface area contributed by atoms with Gasteiger partial charge in [0.05, 0.1) is 5.41 Å². The average molecular weight is 290 g/mol. The minimum Gasteiger partial charge on any atom is -0.359 e. The lowest BCUT2D eigenvalue weighted by atomic mass is 9.89. The van der Waals surface area contributed by atoms with Gasteiger partial charge in [-0.15, -0.1) is 10.2 Å². The molecule has 1 N–H and O–H groups in total. The van der Waals surface area contributed by atoms with Gasteiger partial charge in [-0.3, -0.25) is 4.79 Å². The topological polar surface area (TPSA) is 71.0 Å². The lowest BCUT2D eigenvalue weighted by Crippen LogP contribution is -2.39. The van der Waals surface area contributed by atoms with Crippen LogP contribution in [0.4, 0.5) is 5.82 Å². The summed E-state index contributed by atoms with van der Waals surface area (Å²) in [5, 5.41) is 10.2. The van der Waals surface area contributed by atoms with E-state index in [0.717, 1.165) is 6.42 Å². The number of aromatic nitrogens is 3. The van der Waals surface area contributed by atoms with Crippen molar-refractivity contribution in [3.8, 4) is 0 Å². The van der Waals surface area contributed by atoms with Crippen LogP contribution in [0.5, 0.6) is 0 Å². The molecule has 0 spiro atoms. The highest BCUT2D eigenvalue weighted by molar-refractivity contribution is 6.32. The number of halogens is 2. The Morgan fingerprint density at radius 2 is 2.17 bits per heavy atom. The molecule has 1 aromatic rings. The molecule has 1 saturated heterocycles. The zero-order valence-electron chi connectivity index (χ0n) is 10.1. The molecule has 98 valence electrons. The van der Waals surface area contributed by atoms with Crippen LogP contribution in [0.3, 0.4) is 0 Å². The fourth-order valence-electron chi connectivity index (χ4n) is 2.12. The minimum atomic E-state index is -0.449. The van der Waals surface area contributed by atoms with Gasteiger partial charge in [-0.05, 0) is 24.9 Å². The fraction of sp³-hybridized carbons (Fsp3) is 0.600. The summed E-state index contributed by atoms with van der Waals surface area (Å²) in [6.07, 6.45) is 0.727. The third-order valence-electron chi connectivity index (χ3n) is 3.15. The van der Waals surface area contributed by atoms with E-state index in [4.69, 9.17) is 23.2 Å². The number of rotatable bonds is 2. The fourth-order valence-corrected chi connectivity index (χ4v) is 2.43. The summed E-state index contributed by atoms with van der Waals surface area (Å²) in [7, 11) is 1.63. The van der Waals surface area contributed by atoms with Crippen molar-refractivity contribution in [2.24, 2.45) is 5.41 Å². The van der Waals surface area contributed by atoms with E-state index in [2.05, 4.69) is 20.5 Å². The molecule has 1 unspecified atom stereocenters. The number of nitrogens with one attached hydrogen (secondary N) is 1. The van der Waals surface area contributed by atoms with Gasteiger partial charge >= 0.3 is 0 Å². The molecule has 6 nitrogen and oxygen atoms in total. The van der Waals surface area contributed by atoms with Crippen molar-refractivity contribution < 1.29 is 4.79 Å². The quantitative estimate of drug-likeness (QED) is 0.884. The van der Waals surface area contributed by atoms with Crippen LogP contribution in [-0.4, -0.2) is 41.2 Å². The van der Waals surface area contributed by atoms with Crippen molar-refractivity contribution in [3.63, 3.8) is 0 Å². The Labute approximate surface area is 115 Å². The molecule has 2 heterocycles. The van der Waals surface area contributed by atoms with Gasteiger partial charge in [0.2, 0.25) is 11.2 Å². The van der Waals surface area contributed by atoms with E-state index in [0.29, 0.717) is 18.9 Å². The van der Waals surface area contributed by atoms with E-state index in [-0.39, 0.29) is 16.3 Å². The van der Waals surface area contributed by atoms with Gasteiger partial charge in [-0.25, -0.2) is 0 Å². The number of nitrogens with zero attached hydrogens (tertiary/aromatic N) is 4. The number of amides is 1. The molecule has 8 heteroatoms. The molecule has 1 aliphatic heterocycles. The molecule has 1 amide bonds. The third kappa shape index (κ3) is 2.35. The van der Waals surface area contributed by atoms with Crippen molar-refractivity contribution in [1.82, 2.24) is 20.5 Å². The molecule has 0 aliphatic carbocycles. The van der Waals surface area contributed by atoms with Gasteiger partial charge in [-0.1, -0.05) is 11.6 Å². The van der Waals surface area contributed by atoms with Crippen LogP contribution in [0.15, 0.2) is 0 Å². The van der Waals surface area contributed by atoms with Crippen LogP contribution >= 0.6 is 23.2 Å². The molecular formula is C10H13Cl2N5O. The van der Waals surface area contributed by atoms with Gasteiger partial charge in [0.15, 0.2) is 11.0 Å². The highest BCUT2D eigenvalue weighted by Gasteiger charge is 2.41. The summed E-state index contributed by atoms with van der Waals surface area (Å²) < 4.78 is 0. The van der Waals surface area contributed by atoms with Crippen LogP contribution in [0.2, 0.25) is 10.4 Å². The van der Waals surface area contributed by atoms with E-state index in [1.807, 2.05) is 11.8 Å². The molecule has 0 radical (unpaired) electrons. The van der Waals surface area contributed by atoms with E-state index in [9.17, 15) is 4.79 Å². The Kier molecular flexibility index (Phi) is 3.59. The van der Waals surface area contributed by atoms with Crippen molar-refractivity contribution in [2.75, 3.05) is 25.0 Å². The molecule has 0 saturated carbocycles. The largest absolute Gasteiger partial charge is 0.359 e. The third-order valence-corrected chi connectivity index (χ3v) is 3.56. The normalized spacial score (nSPS) is 23.2. The lowest BCUT2D eigenvalue weighted by molar-refractivity contribution is -0.128. The first-order valence-corrected chi connectivity index (χ1v) is 6.25. The molecule has 1 fully saturated rings. The Morgan fingerprint density at radius 1 is 1.44 bits per heavy atom. The predicted molar refractivity (Wildman–Crippen MR) is 68.9 cm³/mol. The Balaban J connectivity index is 2.23. The summed E-state index contributed by atoms with van der Waals surface area (Å²) in [6.45, 7) is 3.12. The smallest absolute Gasteiger partial charge is 0.245 e. The van der Waals surface area contributed by atoms with Crippen molar-refractivity contribution in [2.45, 2.75) is 13.3 Å². The maximum atomic E-state index is 11.8. The number of carbonyl (C=O) groups is 1. The molecule has 1 atom stereocenters. The summed E-state index contributed by atoms with van der Waals surface area (Å²) in [6, 6.07) is 0. The zero-order chi connectivity index (χ0) is 13.3. The molecule has 0 bridgehead atoms. The summed E-state index contributed by atoms with van der Waals surface area (Å²) in [4.78, 5) is 17.8. The van der Waals surface area contributed by atoms with E-state index in [1.165, 1.54) is 0 Å². The standard InChI is InChI=1S/C10H13Cl2N5O/c1-10(8(18)13-2)3-4-17(5-10)7-6(11)15-16-9(12)14-7/h3-5H2,1-2H3,(H,13,18). The maximum absolute atomic E-state index is 11.8. The number of anilines is 1. The first kappa shape index (κ1) is 13.3. The van der Waals surface area contributed by atoms with Crippen LogP contribution < -0.4 is 10.2 Å². The van der Waals surface area contributed by atoms with Gasteiger partial charge in [0.1, 0.15) is 0 Å². The van der Waals surface area contributed by atoms with Crippen LogP contribution in [-0.2, 0) is 4.79 Å². The van der Waals surface area contributed by atoms with Crippen molar-refractivity contribution in [3.05, 3.63) is 10.4 Å². The monoisotopic (exact) mass is 289 g/mol. The lowest BCUT2D eigenvalue weighted by Gasteiger charge is -2.23. The first-order chi connectivity index (χ1) is 8.46. The minimum absolute atomic E-state index is 0.00855. The van der Waals surface area contributed by atoms with E-state index in [1.54, 1.807) is 7.05 Å². The van der Waals surface area contributed by atoms with Gasteiger partial charge in [0.25, 0.3) is 0 Å². The highest BCUT2D eigenvalue weighted by Crippen LogP contribution is 2.34. The molecule has 1 aliphatic rings. The number of hydrogen-bond acceptors (Lipinski definition) is 5. The predicted octanol–water partition coefficient (Wildman–Crippen LogP) is 1.14. The summed E-state index contributed by atoms with van der Waals surface area (Å²) in [5.74, 6) is 0.485. The summed E-state index contributed by atoms with van der Waals surface area (Å²) in [5.41, 5.74) is -0.449. The molecule has 2 rings (SSSR count). The van der Waals surface area contributed by atoms with Crippen LogP contribution in [0.25, 0.3) is 0 Å². The van der Waals surface area contributed by atoms with E-state index < -0.39 is 5.41 Å². The van der Waals surface area contributed by atoms with Crippen molar-refractivity contribution in [1.29, 1.82) is 0 Å². The Hall–Kier alpha value is -1.14.